The summed E-state index contributed by atoms with van der Waals surface area (Å²) in [6, 6.07) is 0. The lowest BCUT2D eigenvalue weighted by atomic mass is 9.95. The summed E-state index contributed by atoms with van der Waals surface area (Å²) in [6.45, 7) is 9.22. The first-order chi connectivity index (χ1) is 16.5. The minimum atomic E-state index is -3.04. The molecular formula is C28H59O5P. The molecule has 6 heteroatoms. The maximum absolute atomic E-state index is 13.5. The van der Waals surface area contributed by atoms with Crippen LogP contribution in [-0.4, -0.2) is 46.8 Å². The zero-order valence-electron chi connectivity index (χ0n) is 23.5. The summed E-state index contributed by atoms with van der Waals surface area (Å²) in [5.74, 6) is 1.14. The van der Waals surface area contributed by atoms with Crippen molar-refractivity contribution < 1.29 is 23.1 Å². The SMILES string of the molecule is CCCCCCC(CCOC)CCOP(=O)(CCCC)OCCC(CCCCCC)CCOC. The summed E-state index contributed by atoms with van der Waals surface area (Å²) in [4.78, 5) is 0. The van der Waals surface area contributed by atoms with Gasteiger partial charge in [0.25, 0.3) is 0 Å². The Kier molecular flexibility index (Phi) is 24.8. The third kappa shape index (κ3) is 20.3. The van der Waals surface area contributed by atoms with Crippen molar-refractivity contribution in [3.63, 3.8) is 0 Å². The van der Waals surface area contributed by atoms with Gasteiger partial charge in [0, 0.05) is 27.4 Å². The molecule has 2 unspecified atom stereocenters. The Morgan fingerprint density at radius 2 is 0.941 bits per heavy atom. The first-order valence-corrected chi connectivity index (χ1v) is 16.1. The topological polar surface area (TPSA) is 54.0 Å². The number of hydrogen-bond acceptors (Lipinski definition) is 5. The molecule has 0 saturated carbocycles. The van der Waals surface area contributed by atoms with Gasteiger partial charge >= 0.3 is 7.60 Å². The standard InChI is InChI=1S/C28H59O5P/c1-6-9-12-14-16-27(18-22-30-4)20-24-32-34(29,26-11-8-3)33-25-21-28(19-23-31-5)17-15-13-10-7-2/h27-28H,6-26H2,1-5H3. The predicted octanol–water partition coefficient (Wildman–Crippen LogP) is 9.04. The maximum atomic E-state index is 13.5. The van der Waals surface area contributed by atoms with Crippen molar-refractivity contribution in [2.45, 2.75) is 124 Å². The van der Waals surface area contributed by atoms with Crippen molar-refractivity contribution in [2.24, 2.45) is 11.8 Å². The molecule has 0 bridgehead atoms. The molecule has 5 nitrogen and oxygen atoms in total. The Hall–Kier alpha value is 0.0700. The van der Waals surface area contributed by atoms with Crippen LogP contribution in [0.2, 0.25) is 0 Å². The Labute approximate surface area is 213 Å². The smallest absolute Gasteiger partial charge is 0.330 e. The van der Waals surface area contributed by atoms with Gasteiger partial charge in [0.2, 0.25) is 0 Å². The van der Waals surface area contributed by atoms with Crippen molar-refractivity contribution in [2.75, 3.05) is 46.8 Å². The molecule has 0 heterocycles. The number of methoxy groups -OCH3 is 2. The third-order valence-electron chi connectivity index (χ3n) is 6.81. The molecule has 0 rings (SSSR count). The van der Waals surface area contributed by atoms with E-state index < -0.39 is 7.60 Å². The molecule has 0 aromatic heterocycles. The van der Waals surface area contributed by atoms with Gasteiger partial charge in [-0.2, -0.15) is 0 Å². The van der Waals surface area contributed by atoms with E-state index in [2.05, 4.69) is 20.8 Å². The first-order valence-electron chi connectivity index (χ1n) is 14.4. The normalized spacial score (nSPS) is 15.3. The molecule has 34 heavy (non-hydrogen) atoms. The van der Waals surface area contributed by atoms with Crippen LogP contribution >= 0.6 is 7.60 Å². The summed E-state index contributed by atoms with van der Waals surface area (Å²) in [5, 5.41) is 0. The van der Waals surface area contributed by atoms with Crippen molar-refractivity contribution >= 4 is 7.60 Å². The van der Waals surface area contributed by atoms with E-state index in [0.717, 1.165) is 51.7 Å². The van der Waals surface area contributed by atoms with Crippen LogP contribution in [0, 0.1) is 11.8 Å². The average molecular weight is 507 g/mol. The molecule has 0 radical (unpaired) electrons. The second kappa shape index (κ2) is 24.8. The Balaban J connectivity index is 4.64. The largest absolute Gasteiger partial charge is 0.385 e. The van der Waals surface area contributed by atoms with Crippen LogP contribution in [-0.2, 0) is 23.1 Å². The van der Waals surface area contributed by atoms with E-state index in [-0.39, 0.29) is 0 Å². The van der Waals surface area contributed by atoms with Crippen molar-refractivity contribution in [3.05, 3.63) is 0 Å². The maximum Gasteiger partial charge on any atom is 0.330 e. The van der Waals surface area contributed by atoms with E-state index in [0.29, 0.717) is 31.2 Å². The molecule has 0 fully saturated rings. The van der Waals surface area contributed by atoms with Gasteiger partial charge < -0.3 is 18.5 Å². The predicted molar refractivity (Wildman–Crippen MR) is 146 cm³/mol. The van der Waals surface area contributed by atoms with E-state index in [1.54, 1.807) is 14.2 Å². The van der Waals surface area contributed by atoms with E-state index in [1.165, 1.54) is 64.2 Å². The summed E-state index contributed by atoms with van der Waals surface area (Å²) >= 11 is 0. The number of rotatable bonds is 27. The summed E-state index contributed by atoms with van der Waals surface area (Å²) in [6.07, 6.45) is 19.0. The molecule has 0 aliphatic heterocycles. The number of unbranched alkanes of at least 4 members (excludes halogenated alkanes) is 7. The van der Waals surface area contributed by atoms with Crippen molar-refractivity contribution in [1.29, 1.82) is 0 Å². The lowest BCUT2D eigenvalue weighted by molar-refractivity contribution is 0.146. The zero-order chi connectivity index (χ0) is 25.3. The molecule has 0 amide bonds. The second-order valence-corrected chi connectivity index (χ2v) is 12.1. The number of hydrogen-bond donors (Lipinski definition) is 0. The summed E-state index contributed by atoms with van der Waals surface area (Å²) in [7, 11) is 0.494. The second-order valence-electron chi connectivity index (χ2n) is 9.93. The highest BCUT2D eigenvalue weighted by atomic mass is 31.2. The highest BCUT2D eigenvalue weighted by molar-refractivity contribution is 7.53. The van der Waals surface area contributed by atoms with E-state index in [1.807, 2.05) is 0 Å². The van der Waals surface area contributed by atoms with Gasteiger partial charge in [0.1, 0.15) is 0 Å². The summed E-state index contributed by atoms with van der Waals surface area (Å²) < 4.78 is 36.1. The van der Waals surface area contributed by atoms with E-state index >= 15 is 0 Å². The summed E-state index contributed by atoms with van der Waals surface area (Å²) in [5.41, 5.74) is 0. The van der Waals surface area contributed by atoms with Gasteiger partial charge in [-0.05, 0) is 43.9 Å². The van der Waals surface area contributed by atoms with E-state index in [9.17, 15) is 4.57 Å². The van der Waals surface area contributed by atoms with Crippen LogP contribution in [0.1, 0.15) is 124 Å². The van der Waals surface area contributed by atoms with Crippen molar-refractivity contribution in [3.8, 4) is 0 Å². The Morgan fingerprint density at radius 3 is 1.32 bits per heavy atom. The van der Waals surface area contributed by atoms with Crippen LogP contribution in [0.4, 0.5) is 0 Å². The molecule has 206 valence electrons. The van der Waals surface area contributed by atoms with Crippen LogP contribution in [0.5, 0.6) is 0 Å². The molecule has 0 aliphatic carbocycles. The van der Waals surface area contributed by atoms with Crippen LogP contribution < -0.4 is 0 Å². The van der Waals surface area contributed by atoms with Gasteiger partial charge in [-0.15, -0.1) is 0 Å². The molecular weight excluding hydrogens is 447 g/mol. The fourth-order valence-corrected chi connectivity index (χ4v) is 6.19. The quantitative estimate of drug-likeness (QED) is 0.0821. The van der Waals surface area contributed by atoms with E-state index in [4.69, 9.17) is 18.5 Å². The lowest BCUT2D eigenvalue weighted by Crippen LogP contribution is -2.12. The van der Waals surface area contributed by atoms with Gasteiger partial charge in [-0.3, -0.25) is 4.57 Å². The first kappa shape index (κ1) is 34.1. The minimum absolute atomic E-state index is 0.521. The van der Waals surface area contributed by atoms with Crippen LogP contribution in [0.25, 0.3) is 0 Å². The average Bonchev–Trinajstić information content (AvgIpc) is 2.84. The highest BCUT2D eigenvalue weighted by Crippen LogP contribution is 2.49. The lowest BCUT2D eigenvalue weighted by Gasteiger charge is -2.22. The van der Waals surface area contributed by atoms with Gasteiger partial charge in [-0.25, -0.2) is 0 Å². The molecule has 0 aromatic rings. The Morgan fingerprint density at radius 1 is 0.529 bits per heavy atom. The van der Waals surface area contributed by atoms with Crippen molar-refractivity contribution in [1.82, 2.24) is 0 Å². The van der Waals surface area contributed by atoms with Crippen LogP contribution in [0.15, 0.2) is 0 Å². The zero-order valence-corrected chi connectivity index (χ0v) is 24.4. The van der Waals surface area contributed by atoms with Crippen LogP contribution in [0.3, 0.4) is 0 Å². The molecule has 0 saturated heterocycles. The molecule has 0 spiro atoms. The monoisotopic (exact) mass is 506 g/mol. The molecule has 0 N–H and O–H groups in total. The molecule has 0 aromatic carbocycles. The highest BCUT2D eigenvalue weighted by Gasteiger charge is 2.25. The Bertz CT molecular complexity index is 426. The molecule has 2 atom stereocenters. The molecule has 0 aliphatic rings. The number of ether oxygens (including phenoxy) is 2. The van der Waals surface area contributed by atoms with Gasteiger partial charge in [0.05, 0.1) is 19.4 Å². The fourth-order valence-electron chi connectivity index (χ4n) is 4.39. The van der Waals surface area contributed by atoms with Gasteiger partial charge in [-0.1, -0.05) is 91.4 Å². The fraction of sp³-hybridized carbons (Fsp3) is 1.00. The third-order valence-corrected chi connectivity index (χ3v) is 8.82. The minimum Gasteiger partial charge on any atom is -0.385 e. The van der Waals surface area contributed by atoms with Gasteiger partial charge in [0.15, 0.2) is 0 Å².